The highest BCUT2D eigenvalue weighted by atomic mass is 35.5. The van der Waals surface area contributed by atoms with E-state index < -0.39 is 0 Å². The van der Waals surface area contributed by atoms with E-state index in [1.54, 1.807) is 18.2 Å². The Bertz CT molecular complexity index is 689. The van der Waals surface area contributed by atoms with Gasteiger partial charge in [0, 0.05) is 29.2 Å². The largest absolute Gasteiger partial charge is 0.355 e. The molecule has 5 nitrogen and oxygen atoms in total. The summed E-state index contributed by atoms with van der Waals surface area (Å²) in [5, 5.41) is 4.52. The number of nitrogens with two attached hydrogens (primary N) is 1. The number of likely N-dealkylation sites (tertiary alicyclic amines) is 1. The summed E-state index contributed by atoms with van der Waals surface area (Å²) in [6.45, 7) is 3.31. The van der Waals surface area contributed by atoms with Gasteiger partial charge in [-0.3, -0.25) is 4.79 Å². The van der Waals surface area contributed by atoms with Gasteiger partial charge in [0.15, 0.2) is 11.5 Å². The van der Waals surface area contributed by atoms with Gasteiger partial charge in [-0.1, -0.05) is 28.9 Å². The van der Waals surface area contributed by atoms with Crippen LogP contribution in [0.5, 0.6) is 0 Å². The van der Waals surface area contributed by atoms with E-state index >= 15 is 0 Å². The second-order valence-electron chi connectivity index (χ2n) is 5.73. The first-order chi connectivity index (χ1) is 10.6. The van der Waals surface area contributed by atoms with Gasteiger partial charge in [-0.2, -0.15) is 0 Å². The third-order valence-corrected chi connectivity index (χ3v) is 4.33. The molecule has 124 valence electrons. The molecule has 2 N–H and O–H groups in total. The van der Waals surface area contributed by atoms with Crippen LogP contribution in [-0.4, -0.2) is 35.1 Å². The van der Waals surface area contributed by atoms with Crippen molar-refractivity contribution in [2.24, 2.45) is 11.7 Å². The number of amides is 1. The normalized spacial score (nSPS) is 20.4. The highest BCUT2D eigenvalue weighted by Gasteiger charge is 2.33. The van der Waals surface area contributed by atoms with E-state index in [1.165, 1.54) is 0 Å². The van der Waals surface area contributed by atoms with Crippen molar-refractivity contribution in [3.8, 4) is 11.3 Å². The first kappa shape index (κ1) is 17.8. The fourth-order valence-corrected chi connectivity index (χ4v) is 3.09. The molecule has 1 aliphatic heterocycles. The lowest BCUT2D eigenvalue weighted by Crippen LogP contribution is -2.34. The Hall–Kier alpha value is -1.56. The van der Waals surface area contributed by atoms with Crippen LogP contribution in [0.1, 0.15) is 23.8 Å². The molecule has 2 atom stereocenters. The molecule has 1 aromatic heterocycles. The molecule has 1 saturated heterocycles. The molecule has 7 heteroatoms. The van der Waals surface area contributed by atoms with E-state index in [0.29, 0.717) is 35.5 Å². The number of hydrogen-bond acceptors (Lipinski definition) is 4. The minimum atomic E-state index is -0.111. The van der Waals surface area contributed by atoms with Crippen LogP contribution in [0.4, 0.5) is 0 Å². The maximum absolute atomic E-state index is 12.6. The molecule has 0 radical (unpaired) electrons. The third kappa shape index (κ3) is 3.68. The molecule has 0 spiro atoms. The number of halogens is 2. The number of carbonyl (C=O) groups is 1. The van der Waals surface area contributed by atoms with Crippen molar-refractivity contribution in [3.63, 3.8) is 0 Å². The van der Waals surface area contributed by atoms with Gasteiger partial charge in [-0.05, 0) is 37.9 Å². The topological polar surface area (TPSA) is 72.4 Å². The van der Waals surface area contributed by atoms with Crippen LogP contribution in [0, 0.1) is 5.92 Å². The lowest BCUT2D eigenvalue weighted by Gasteiger charge is -2.19. The Morgan fingerprint density at radius 2 is 2.26 bits per heavy atom. The number of aromatic nitrogens is 1. The molecule has 1 aromatic carbocycles. The summed E-state index contributed by atoms with van der Waals surface area (Å²) in [7, 11) is 0. The molecule has 1 amide bonds. The van der Waals surface area contributed by atoms with Gasteiger partial charge >= 0.3 is 0 Å². The monoisotopic (exact) mass is 355 g/mol. The SMILES string of the molecule is CC1CC(CN)CN1C(=O)c1cc(-c2cccc(Cl)c2)on1.Cl. The van der Waals surface area contributed by atoms with E-state index in [2.05, 4.69) is 5.16 Å². The maximum atomic E-state index is 12.6. The second kappa shape index (κ2) is 7.34. The summed E-state index contributed by atoms with van der Waals surface area (Å²) in [5.74, 6) is 0.784. The minimum absolute atomic E-state index is 0. The highest BCUT2D eigenvalue weighted by molar-refractivity contribution is 6.30. The Labute approximate surface area is 146 Å². The summed E-state index contributed by atoms with van der Waals surface area (Å²) < 4.78 is 5.29. The first-order valence-corrected chi connectivity index (χ1v) is 7.70. The van der Waals surface area contributed by atoms with Crippen molar-refractivity contribution in [1.82, 2.24) is 10.1 Å². The van der Waals surface area contributed by atoms with Gasteiger partial charge in [0.1, 0.15) is 0 Å². The van der Waals surface area contributed by atoms with E-state index in [4.69, 9.17) is 21.9 Å². The van der Waals surface area contributed by atoms with E-state index in [0.717, 1.165) is 12.0 Å². The van der Waals surface area contributed by atoms with Gasteiger partial charge in [0.05, 0.1) is 0 Å². The molecule has 0 aliphatic carbocycles. The molecule has 1 aliphatic rings. The molecule has 0 bridgehead atoms. The van der Waals surface area contributed by atoms with Crippen molar-refractivity contribution >= 4 is 29.9 Å². The fraction of sp³-hybridized carbons (Fsp3) is 0.375. The summed E-state index contributed by atoms with van der Waals surface area (Å²) in [6, 6.07) is 9.09. The molecular formula is C16H19Cl2N3O2. The maximum Gasteiger partial charge on any atom is 0.276 e. The zero-order valence-corrected chi connectivity index (χ0v) is 14.3. The summed E-state index contributed by atoms with van der Waals surface area (Å²) in [4.78, 5) is 14.4. The highest BCUT2D eigenvalue weighted by Crippen LogP contribution is 2.27. The predicted octanol–water partition coefficient (Wildman–Crippen LogP) is 3.23. The first-order valence-electron chi connectivity index (χ1n) is 7.32. The van der Waals surface area contributed by atoms with Crippen LogP contribution < -0.4 is 5.73 Å². The van der Waals surface area contributed by atoms with Crippen molar-refractivity contribution in [2.45, 2.75) is 19.4 Å². The van der Waals surface area contributed by atoms with Crippen molar-refractivity contribution in [1.29, 1.82) is 0 Å². The Kier molecular flexibility index (Phi) is 5.68. The molecule has 2 aromatic rings. The molecule has 0 saturated carbocycles. The van der Waals surface area contributed by atoms with Crippen LogP contribution in [0.15, 0.2) is 34.9 Å². The van der Waals surface area contributed by atoms with Crippen molar-refractivity contribution in [3.05, 3.63) is 41.0 Å². The van der Waals surface area contributed by atoms with Crippen molar-refractivity contribution < 1.29 is 9.32 Å². The van der Waals surface area contributed by atoms with Crippen LogP contribution >= 0.6 is 24.0 Å². The molecular weight excluding hydrogens is 337 g/mol. The zero-order valence-electron chi connectivity index (χ0n) is 12.7. The molecule has 2 unspecified atom stereocenters. The number of hydrogen-bond donors (Lipinski definition) is 1. The van der Waals surface area contributed by atoms with Gasteiger partial charge in [-0.15, -0.1) is 12.4 Å². The van der Waals surface area contributed by atoms with Crippen LogP contribution in [0.3, 0.4) is 0 Å². The van der Waals surface area contributed by atoms with Crippen LogP contribution in [-0.2, 0) is 0 Å². The number of nitrogens with zero attached hydrogens (tertiary/aromatic N) is 2. The number of benzene rings is 1. The van der Waals surface area contributed by atoms with Gasteiger partial charge in [-0.25, -0.2) is 0 Å². The summed E-state index contributed by atoms with van der Waals surface area (Å²) >= 11 is 5.97. The van der Waals surface area contributed by atoms with Gasteiger partial charge in [0.25, 0.3) is 5.91 Å². The average molecular weight is 356 g/mol. The molecule has 2 heterocycles. The molecule has 3 rings (SSSR count). The molecule has 1 fully saturated rings. The Morgan fingerprint density at radius 1 is 1.48 bits per heavy atom. The van der Waals surface area contributed by atoms with Gasteiger partial charge < -0.3 is 15.2 Å². The molecule has 23 heavy (non-hydrogen) atoms. The second-order valence-corrected chi connectivity index (χ2v) is 6.17. The standard InChI is InChI=1S/C16H18ClN3O2.ClH/c1-10-5-11(8-18)9-20(10)16(21)14-7-15(22-19-14)12-3-2-4-13(17)6-12;/h2-4,6-7,10-11H,5,8-9,18H2,1H3;1H. The Balaban J connectivity index is 0.00000192. The van der Waals surface area contributed by atoms with Gasteiger partial charge in [0.2, 0.25) is 0 Å². The van der Waals surface area contributed by atoms with Crippen LogP contribution in [0.2, 0.25) is 5.02 Å². The lowest BCUT2D eigenvalue weighted by molar-refractivity contribution is 0.0733. The van der Waals surface area contributed by atoms with Crippen molar-refractivity contribution in [2.75, 3.05) is 13.1 Å². The van der Waals surface area contributed by atoms with E-state index in [-0.39, 0.29) is 24.4 Å². The third-order valence-electron chi connectivity index (χ3n) is 4.09. The Morgan fingerprint density at radius 3 is 2.91 bits per heavy atom. The predicted molar refractivity (Wildman–Crippen MR) is 91.9 cm³/mol. The minimum Gasteiger partial charge on any atom is -0.355 e. The van der Waals surface area contributed by atoms with E-state index in [9.17, 15) is 4.79 Å². The lowest BCUT2D eigenvalue weighted by atomic mass is 10.1. The zero-order chi connectivity index (χ0) is 15.7. The summed E-state index contributed by atoms with van der Waals surface area (Å²) in [5.41, 5.74) is 6.83. The number of carbonyl (C=O) groups excluding carboxylic acids is 1. The van der Waals surface area contributed by atoms with E-state index in [1.807, 2.05) is 24.0 Å². The van der Waals surface area contributed by atoms with Crippen LogP contribution in [0.25, 0.3) is 11.3 Å². The average Bonchev–Trinajstić information content (AvgIpc) is 3.13. The number of rotatable bonds is 3. The smallest absolute Gasteiger partial charge is 0.276 e. The quantitative estimate of drug-likeness (QED) is 0.917. The summed E-state index contributed by atoms with van der Waals surface area (Å²) in [6.07, 6.45) is 0.932. The fourth-order valence-electron chi connectivity index (χ4n) is 2.90.